The van der Waals surface area contributed by atoms with E-state index in [4.69, 9.17) is 4.74 Å². The molecule has 0 N–H and O–H groups in total. The fourth-order valence-electron chi connectivity index (χ4n) is 2.22. The molecule has 10 heteroatoms. The molecule has 0 amide bonds. The highest BCUT2D eigenvalue weighted by Crippen LogP contribution is 2.39. The number of nitrogens with zero attached hydrogens (tertiary/aromatic N) is 1. The van der Waals surface area contributed by atoms with Crippen LogP contribution in [0.1, 0.15) is 23.9 Å². The van der Waals surface area contributed by atoms with Crippen molar-refractivity contribution in [2.75, 3.05) is 7.11 Å². The van der Waals surface area contributed by atoms with Gasteiger partial charge in [0.05, 0.1) is 0 Å². The van der Waals surface area contributed by atoms with Gasteiger partial charge in [-0.2, -0.15) is 21.6 Å². The Morgan fingerprint density at radius 2 is 2.00 bits per heavy atom. The van der Waals surface area contributed by atoms with Crippen LogP contribution in [0.5, 0.6) is 5.75 Å². The van der Waals surface area contributed by atoms with E-state index in [1.807, 2.05) is 6.92 Å². The maximum atomic E-state index is 12.5. The van der Waals surface area contributed by atoms with E-state index in [-0.39, 0.29) is 0 Å². The summed E-state index contributed by atoms with van der Waals surface area (Å²) in [5.74, 6) is -0.448. The molecule has 1 atom stereocenters. The molecular weight excluding hydrogens is 367 g/mol. The van der Waals surface area contributed by atoms with Crippen molar-refractivity contribution in [2.24, 2.45) is 0 Å². The average molecular weight is 381 g/mol. The molecule has 2 rings (SSSR count). The molecule has 1 aromatic heterocycles. The van der Waals surface area contributed by atoms with Crippen molar-refractivity contribution in [3.63, 3.8) is 0 Å². The van der Waals surface area contributed by atoms with Crippen LogP contribution in [0.15, 0.2) is 35.8 Å². The fourth-order valence-corrected chi connectivity index (χ4v) is 3.58. The zero-order chi connectivity index (χ0) is 18.0. The summed E-state index contributed by atoms with van der Waals surface area (Å²) in [6.07, 6.45) is 2.02. The maximum Gasteiger partial charge on any atom is 0.534 e. The van der Waals surface area contributed by atoms with Gasteiger partial charge >= 0.3 is 15.6 Å². The third kappa shape index (κ3) is 3.40. The van der Waals surface area contributed by atoms with E-state index in [2.05, 4.69) is 9.17 Å². The molecule has 1 aromatic carbocycles. The van der Waals surface area contributed by atoms with Crippen LogP contribution in [-0.4, -0.2) is 26.0 Å². The molecule has 5 nitrogen and oxygen atoms in total. The molecule has 1 heterocycles. The number of ether oxygens (including phenoxy) is 1. The summed E-state index contributed by atoms with van der Waals surface area (Å²) in [7, 11) is -4.28. The van der Waals surface area contributed by atoms with Crippen LogP contribution in [0.4, 0.5) is 13.2 Å². The topological polar surface area (TPSA) is 65.5 Å². The number of hydrogen-bond acceptors (Lipinski definition) is 6. The van der Waals surface area contributed by atoms with Crippen LogP contribution in [0.25, 0.3) is 0 Å². The highest BCUT2D eigenvalue weighted by molar-refractivity contribution is 7.88. The normalized spacial score (nSPS) is 15.0. The lowest BCUT2D eigenvalue weighted by atomic mass is 9.91. The second kappa shape index (κ2) is 6.69. The van der Waals surface area contributed by atoms with Gasteiger partial charge in [0.1, 0.15) is 16.4 Å². The summed E-state index contributed by atoms with van der Waals surface area (Å²) in [5.41, 5.74) is -6.06. The lowest BCUT2D eigenvalue weighted by Gasteiger charge is -2.30. The number of hydrogen-bond donors (Lipinski definition) is 0. The molecule has 0 bridgehead atoms. The molecule has 0 saturated carbocycles. The van der Waals surface area contributed by atoms with Gasteiger partial charge in [0.25, 0.3) is 0 Å². The molecule has 132 valence electrons. The minimum absolute atomic E-state index is 0.437. The Morgan fingerprint density at radius 3 is 2.50 bits per heavy atom. The zero-order valence-electron chi connectivity index (χ0n) is 12.7. The Bertz CT molecular complexity index is 785. The number of alkyl halides is 3. The van der Waals surface area contributed by atoms with Crippen molar-refractivity contribution in [3.05, 3.63) is 46.4 Å². The Hall–Kier alpha value is -1.65. The number of aromatic nitrogens is 1. The van der Waals surface area contributed by atoms with Crippen molar-refractivity contribution in [3.8, 4) is 5.75 Å². The van der Waals surface area contributed by atoms with Crippen molar-refractivity contribution >= 4 is 21.5 Å². The van der Waals surface area contributed by atoms with Crippen molar-refractivity contribution < 1.29 is 30.5 Å². The predicted octanol–water partition coefficient (Wildman–Crippen LogP) is 3.67. The van der Waals surface area contributed by atoms with Gasteiger partial charge in [-0.15, -0.1) is 11.3 Å². The Morgan fingerprint density at radius 1 is 1.29 bits per heavy atom. The summed E-state index contributed by atoms with van der Waals surface area (Å²) in [4.78, 5) is 4.20. The SMILES string of the molecule is CCC(OC)(c1cccc(OS(=O)(=O)C(F)(F)F)c1)c1nccs1. The molecule has 0 fully saturated rings. The van der Waals surface area contributed by atoms with E-state index in [9.17, 15) is 21.6 Å². The third-order valence-electron chi connectivity index (χ3n) is 3.41. The molecular formula is C14H14F3NO4S2. The number of methoxy groups -OCH3 is 1. The summed E-state index contributed by atoms with van der Waals surface area (Å²) >= 11 is 1.32. The number of rotatable bonds is 6. The van der Waals surface area contributed by atoms with Crippen molar-refractivity contribution in [1.29, 1.82) is 0 Å². The lowest BCUT2D eigenvalue weighted by molar-refractivity contribution is -0.0500. The first-order valence-electron chi connectivity index (χ1n) is 6.72. The molecule has 0 aliphatic rings. The summed E-state index contributed by atoms with van der Waals surface area (Å²) < 4.78 is 69.5. The van der Waals surface area contributed by atoms with E-state index < -0.39 is 27.0 Å². The molecule has 0 radical (unpaired) electrons. The molecule has 0 spiro atoms. The first-order valence-corrected chi connectivity index (χ1v) is 9.01. The third-order valence-corrected chi connectivity index (χ3v) is 5.31. The Labute approximate surface area is 141 Å². The minimum Gasteiger partial charge on any atom is -0.376 e. The van der Waals surface area contributed by atoms with Gasteiger partial charge in [-0.25, -0.2) is 4.98 Å². The van der Waals surface area contributed by atoms with Gasteiger partial charge in [-0.3, -0.25) is 0 Å². The van der Waals surface area contributed by atoms with E-state index >= 15 is 0 Å². The number of halogens is 3. The van der Waals surface area contributed by atoms with Crippen LogP contribution < -0.4 is 4.18 Å². The predicted molar refractivity (Wildman–Crippen MR) is 82.2 cm³/mol. The molecule has 1 unspecified atom stereocenters. The largest absolute Gasteiger partial charge is 0.534 e. The standard InChI is InChI=1S/C14H14F3NO4S2/c1-3-13(21-2,12-18-7-8-23-12)10-5-4-6-11(9-10)22-24(19,20)14(15,16)17/h4-9H,3H2,1-2H3. The summed E-state index contributed by atoms with van der Waals surface area (Å²) in [6, 6.07) is 5.34. The van der Waals surface area contributed by atoms with Crippen molar-refractivity contribution in [2.45, 2.75) is 24.5 Å². The first-order chi connectivity index (χ1) is 11.2. The lowest BCUT2D eigenvalue weighted by Crippen LogP contribution is -2.30. The second-order valence-electron chi connectivity index (χ2n) is 4.73. The van der Waals surface area contributed by atoms with Gasteiger partial charge in [-0.05, 0) is 24.1 Å². The molecule has 0 saturated heterocycles. The smallest absolute Gasteiger partial charge is 0.376 e. The highest BCUT2D eigenvalue weighted by atomic mass is 32.2. The van der Waals surface area contributed by atoms with E-state index in [1.165, 1.54) is 30.6 Å². The Kier molecular flexibility index (Phi) is 5.21. The molecule has 0 aliphatic carbocycles. The molecule has 0 aliphatic heterocycles. The van der Waals surface area contributed by atoms with Crippen LogP contribution in [0.2, 0.25) is 0 Å². The number of thiazole rings is 1. The molecule has 2 aromatic rings. The molecule has 24 heavy (non-hydrogen) atoms. The summed E-state index contributed by atoms with van der Waals surface area (Å²) in [6.45, 7) is 1.82. The fraction of sp³-hybridized carbons (Fsp3) is 0.357. The van der Waals surface area contributed by atoms with Crippen LogP contribution in [-0.2, 0) is 20.5 Å². The quantitative estimate of drug-likeness (QED) is 0.564. The van der Waals surface area contributed by atoms with E-state index in [0.29, 0.717) is 17.0 Å². The monoisotopic (exact) mass is 381 g/mol. The maximum absolute atomic E-state index is 12.5. The average Bonchev–Trinajstić information content (AvgIpc) is 3.03. The van der Waals surface area contributed by atoms with Gasteiger partial charge in [0.2, 0.25) is 0 Å². The first kappa shape index (κ1) is 18.7. The van der Waals surface area contributed by atoms with Gasteiger partial charge in [-0.1, -0.05) is 19.1 Å². The van der Waals surface area contributed by atoms with E-state index in [1.54, 1.807) is 17.6 Å². The Balaban J connectivity index is 2.46. The van der Waals surface area contributed by atoms with Gasteiger partial charge < -0.3 is 8.92 Å². The van der Waals surface area contributed by atoms with Crippen molar-refractivity contribution in [1.82, 2.24) is 4.98 Å². The second-order valence-corrected chi connectivity index (χ2v) is 7.17. The highest BCUT2D eigenvalue weighted by Gasteiger charge is 2.48. The zero-order valence-corrected chi connectivity index (χ0v) is 14.3. The van der Waals surface area contributed by atoms with Crippen LogP contribution >= 0.6 is 11.3 Å². The minimum atomic E-state index is -5.73. The van der Waals surface area contributed by atoms with Crippen LogP contribution in [0.3, 0.4) is 0 Å². The number of benzene rings is 1. The van der Waals surface area contributed by atoms with E-state index in [0.717, 1.165) is 6.07 Å². The van der Waals surface area contributed by atoms with Gasteiger partial charge in [0.15, 0.2) is 0 Å². The summed E-state index contributed by atoms with van der Waals surface area (Å²) in [5, 5.41) is 2.34. The van der Waals surface area contributed by atoms with Gasteiger partial charge in [0, 0.05) is 18.7 Å². The van der Waals surface area contributed by atoms with Crippen LogP contribution in [0, 0.1) is 0 Å².